The van der Waals surface area contributed by atoms with Crippen molar-refractivity contribution in [2.45, 2.75) is 26.9 Å². The standard InChI is InChI=1S/C8H13FO2/c1-5(2)7(9)8(10)6(3)11-4/h6H,1-4H3. The van der Waals surface area contributed by atoms with Gasteiger partial charge in [-0.15, -0.1) is 0 Å². The van der Waals surface area contributed by atoms with E-state index in [0.29, 0.717) is 5.57 Å². The minimum Gasteiger partial charge on any atom is -0.373 e. The molecule has 0 fully saturated rings. The first-order chi connectivity index (χ1) is 5.00. The van der Waals surface area contributed by atoms with Gasteiger partial charge >= 0.3 is 0 Å². The van der Waals surface area contributed by atoms with Crippen LogP contribution in [0.5, 0.6) is 0 Å². The lowest BCUT2D eigenvalue weighted by Gasteiger charge is -2.06. The van der Waals surface area contributed by atoms with Gasteiger partial charge in [0.05, 0.1) is 0 Å². The summed E-state index contributed by atoms with van der Waals surface area (Å²) in [7, 11) is 1.38. The first-order valence-corrected chi connectivity index (χ1v) is 3.40. The lowest BCUT2D eigenvalue weighted by Crippen LogP contribution is -2.19. The van der Waals surface area contributed by atoms with Crippen molar-refractivity contribution in [2.75, 3.05) is 7.11 Å². The van der Waals surface area contributed by atoms with Crippen molar-refractivity contribution in [3.05, 3.63) is 11.4 Å². The highest BCUT2D eigenvalue weighted by molar-refractivity contribution is 5.97. The van der Waals surface area contributed by atoms with Gasteiger partial charge < -0.3 is 4.74 Å². The summed E-state index contributed by atoms with van der Waals surface area (Å²) in [5, 5.41) is 0. The third-order valence-corrected chi connectivity index (χ3v) is 1.38. The average Bonchev–Trinajstić information content (AvgIpc) is 2.00. The van der Waals surface area contributed by atoms with E-state index in [2.05, 4.69) is 4.74 Å². The maximum Gasteiger partial charge on any atom is 0.219 e. The fourth-order valence-corrected chi connectivity index (χ4v) is 0.532. The number of allylic oxidation sites excluding steroid dienone is 1. The number of halogens is 1. The SMILES string of the molecule is COC(C)C(=O)C(F)=C(C)C. The molecule has 0 radical (unpaired) electrons. The van der Waals surface area contributed by atoms with E-state index in [1.807, 2.05) is 0 Å². The zero-order valence-corrected chi connectivity index (χ0v) is 7.27. The monoisotopic (exact) mass is 160 g/mol. The second-order valence-corrected chi connectivity index (χ2v) is 2.56. The van der Waals surface area contributed by atoms with Crippen LogP contribution in [0.25, 0.3) is 0 Å². The van der Waals surface area contributed by atoms with E-state index in [1.54, 1.807) is 13.8 Å². The van der Waals surface area contributed by atoms with Crippen LogP contribution >= 0.6 is 0 Å². The first-order valence-electron chi connectivity index (χ1n) is 3.40. The molecule has 0 amide bonds. The number of hydrogen-bond donors (Lipinski definition) is 0. The smallest absolute Gasteiger partial charge is 0.219 e. The molecule has 0 aliphatic carbocycles. The molecule has 64 valence electrons. The summed E-state index contributed by atoms with van der Waals surface area (Å²) < 4.78 is 17.5. The fraction of sp³-hybridized carbons (Fsp3) is 0.625. The third kappa shape index (κ3) is 2.80. The van der Waals surface area contributed by atoms with E-state index < -0.39 is 17.7 Å². The number of hydrogen-bond acceptors (Lipinski definition) is 2. The number of rotatable bonds is 3. The fourth-order valence-electron chi connectivity index (χ4n) is 0.532. The molecule has 0 saturated carbocycles. The highest BCUT2D eigenvalue weighted by Gasteiger charge is 2.17. The Morgan fingerprint density at radius 1 is 1.45 bits per heavy atom. The maximum atomic E-state index is 12.8. The summed E-state index contributed by atoms with van der Waals surface area (Å²) in [5.74, 6) is -1.29. The van der Waals surface area contributed by atoms with E-state index >= 15 is 0 Å². The van der Waals surface area contributed by atoms with Gasteiger partial charge in [0.15, 0.2) is 5.83 Å². The van der Waals surface area contributed by atoms with Gasteiger partial charge in [0.1, 0.15) is 6.10 Å². The predicted molar refractivity (Wildman–Crippen MR) is 41.0 cm³/mol. The Morgan fingerprint density at radius 2 is 1.91 bits per heavy atom. The van der Waals surface area contributed by atoms with Crippen molar-refractivity contribution in [3.8, 4) is 0 Å². The number of carbonyl (C=O) groups excluding carboxylic acids is 1. The van der Waals surface area contributed by atoms with Crippen LogP contribution in [-0.4, -0.2) is 19.0 Å². The van der Waals surface area contributed by atoms with Crippen LogP contribution in [0.4, 0.5) is 4.39 Å². The number of ether oxygens (including phenoxy) is 1. The van der Waals surface area contributed by atoms with E-state index in [4.69, 9.17) is 0 Å². The Hall–Kier alpha value is -0.700. The summed E-state index contributed by atoms with van der Waals surface area (Å²) in [6.45, 7) is 4.62. The zero-order valence-electron chi connectivity index (χ0n) is 7.27. The average molecular weight is 160 g/mol. The van der Waals surface area contributed by atoms with Crippen molar-refractivity contribution >= 4 is 5.78 Å². The lowest BCUT2D eigenvalue weighted by molar-refractivity contribution is -0.125. The molecule has 0 spiro atoms. The third-order valence-electron chi connectivity index (χ3n) is 1.38. The molecule has 0 rings (SSSR count). The minimum atomic E-state index is -0.695. The minimum absolute atomic E-state index is 0.388. The Balaban J connectivity index is 4.38. The van der Waals surface area contributed by atoms with Gasteiger partial charge in [-0.3, -0.25) is 4.79 Å². The van der Waals surface area contributed by atoms with Crippen LogP contribution in [0.15, 0.2) is 11.4 Å². The predicted octanol–water partition coefficient (Wildman–Crippen LogP) is 1.85. The zero-order chi connectivity index (χ0) is 9.02. The molecular weight excluding hydrogens is 147 g/mol. The molecule has 0 heterocycles. The number of ketones is 1. The number of carbonyl (C=O) groups is 1. The Kier molecular flexibility index (Phi) is 3.97. The molecule has 2 nitrogen and oxygen atoms in total. The van der Waals surface area contributed by atoms with Crippen molar-refractivity contribution in [3.63, 3.8) is 0 Å². The summed E-state index contributed by atoms with van der Waals surface area (Å²) in [4.78, 5) is 11.0. The molecule has 0 aliphatic rings. The molecular formula is C8H13FO2. The van der Waals surface area contributed by atoms with E-state index in [1.165, 1.54) is 14.0 Å². The summed E-state index contributed by atoms with van der Waals surface area (Å²) in [6, 6.07) is 0. The van der Waals surface area contributed by atoms with E-state index in [0.717, 1.165) is 0 Å². The number of Topliss-reactive ketones (excluding diaryl/α,β-unsaturated/α-hetero) is 1. The van der Waals surface area contributed by atoms with Gasteiger partial charge in [0, 0.05) is 7.11 Å². The second-order valence-electron chi connectivity index (χ2n) is 2.56. The molecule has 0 N–H and O–H groups in total. The van der Waals surface area contributed by atoms with Gasteiger partial charge in [0.2, 0.25) is 5.78 Å². The highest BCUT2D eigenvalue weighted by atomic mass is 19.1. The van der Waals surface area contributed by atoms with Crippen LogP contribution in [0, 0.1) is 0 Å². The molecule has 3 heteroatoms. The van der Waals surface area contributed by atoms with Crippen LogP contribution < -0.4 is 0 Å². The quantitative estimate of drug-likeness (QED) is 0.589. The van der Waals surface area contributed by atoms with Gasteiger partial charge in [0.25, 0.3) is 0 Å². The molecule has 0 saturated heterocycles. The van der Waals surface area contributed by atoms with Crippen molar-refractivity contribution in [1.82, 2.24) is 0 Å². The van der Waals surface area contributed by atoms with Gasteiger partial charge in [-0.1, -0.05) is 0 Å². The Morgan fingerprint density at radius 3 is 2.18 bits per heavy atom. The topological polar surface area (TPSA) is 26.3 Å². The van der Waals surface area contributed by atoms with E-state index in [9.17, 15) is 9.18 Å². The van der Waals surface area contributed by atoms with Gasteiger partial charge in [-0.05, 0) is 26.3 Å². The molecule has 0 bridgehead atoms. The largest absolute Gasteiger partial charge is 0.373 e. The van der Waals surface area contributed by atoms with Crippen LogP contribution in [0.1, 0.15) is 20.8 Å². The van der Waals surface area contributed by atoms with Crippen LogP contribution in [0.3, 0.4) is 0 Å². The summed E-state index contributed by atoms with van der Waals surface area (Å²) in [6.07, 6.45) is -0.690. The van der Waals surface area contributed by atoms with Crippen molar-refractivity contribution in [1.29, 1.82) is 0 Å². The van der Waals surface area contributed by atoms with Crippen LogP contribution in [-0.2, 0) is 9.53 Å². The maximum absolute atomic E-state index is 12.8. The summed E-state index contributed by atoms with van der Waals surface area (Å²) >= 11 is 0. The second kappa shape index (κ2) is 4.23. The first kappa shape index (κ1) is 10.3. The van der Waals surface area contributed by atoms with E-state index in [-0.39, 0.29) is 0 Å². The van der Waals surface area contributed by atoms with Crippen molar-refractivity contribution in [2.24, 2.45) is 0 Å². The molecule has 1 atom stereocenters. The molecule has 0 aliphatic heterocycles. The Labute approximate surface area is 66.0 Å². The molecule has 0 aromatic rings. The van der Waals surface area contributed by atoms with Crippen LogP contribution in [0.2, 0.25) is 0 Å². The lowest BCUT2D eigenvalue weighted by atomic mass is 10.1. The van der Waals surface area contributed by atoms with Gasteiger partial charge in [-0.2, -0.15) is 0 Å². The molecule has 1 unspecified atom stereocenters. The van der Waals surface area contributed by atoms with Gasteiger partial charge in [-0.25, -0.2) is 4.39 Å². The normalized spacial score (nSPS) is 12.5. The molecule has 0 aromatic heterocycles. The summed E-state index contributed by atoms with van der Waals surface area (Å²) in [5.41, 5.74) is 0.388. The molecule has 11 heavy (non-hydrogen) atoms. The number of methoxy groups -OCH3 is 1. The van der Waals surface area contributed by atoms with Crippen molar-refractivity contribution < 1.29 is 13.9 Å². The highest BCUT2D eigenvalue weighted by Crippen LogP contribution is 2.09. The molecule has 0 aromatic carbocycles. The Bertz CT molecular complexity index is 181.